The van der Waals surface area contributed by atoms with E-state index < -0.39 is 27.7 Å². The highest BCUT2D eigenvalue weighted by Gasteiger charge is 2.23. The second kappa shape index (κ2) is 3.59. The van der Waals surface area contributed by atoms with E-state index in [-0.39, 0.29) is 4.47 Å². The number of nitro benzene ring substituents is 1. The van der Waals surface area contributed by atoms with Gasteiger partial charge >= 0.3 is 5.69 Å². The van der Waals surface area contributed by atoms with E-state index in [1.165, 1.54) is 6.07 Å². The largest absolute Gasteiger partial charge is 0.392 e. The maximum Gasteiger partial charge on any atom is 0.307 e. The molecule has 1 aromatic rings. The van der Waals surface area contributed by atoms with E-state index in [1.807, 2.05) is 0 Å². The minimum Gasteiger partial charge on any atom is -0.392 e. The van der Waals surface area contributed by atoms with Gasteiger partial charge < -0.3 is 5.73 Å². The number of nitrogen functional groups attached to an aromatic ring is 1. The molecule has 0 fully saturated rings. The lowest BCUT2D eigenvalue weighted by atomic mass is 10.1. The van der Waals surface area contributed by atoms with Crippen molar-refractivity contribution >= 4 is 27.3 Å². The van der Waals surface area contributed by atoms with Crippen LogP contribution in [0.4, 0.5) is 15.8 Å². The van der Waals surface area contributed by atoms with E-state index in [2.05, 4.69) is 15.9 Å². The van der Waals surface area contributed by atoms with E-state index in [1.54, 1.807) is 0 Å². The molecule has 0 saturated heterocycles. The first-order valence-electron chi connectivity index (χ1n) is 3.31. The fourth-order valence-electron chi connectivity index (χ4n) is 0.927. The lowest BCUT2D eigenvalue weighted by Crippen LogP contribution is -2.01. The summed E-state index contributed by atoms with van der Waals surface area (Å²) in [7, 11) is 0. The molecule has 7 heteroatoms. The average Bonchev–Trinajstić information content (AvgIpc) is 2.02. The van der Waals surface area contributed by atoms with Crippen molar-refractivity contribution in [3.63, 3.8) is 0 Å². The van der Waals surface area contributed by atoms with Crippen LogP contribution in [-0.4, -0.2) is 4.92 Å². The van der Waals surface area contributed by atoms with Gasteiger partial charge in [0.05, 0.1) is 4.92 Å². The van der Waals surface area contributed by atoms with Crippen LogP contribution in [0.15, 0.2) is 10.5 Å². The fourth-order valence-corrected chi connectivity index (χ4v) is 1.49. The predicted molar refractivity (Wildman–Crippen MR) is 49.9 cm³/mol. The number of rotatable bonds is 1. The van der Waals surface area contributed by atoms with E-state index >= 15 is 0 Å². The number of nitriles is 1. The van der Waals surface area contributed by atoms with Crippen LogP contribution >= 0.6 is 15.9 Å². The summed E-state index contributed by atoms with van der Waals surface area (Å²) in [5.41, 5.74) is 3.78. The molecule has 0 unspecified atom stereocenters. The number of benzene rings is 1. The zero-order chi connectivity index (χ0) is 10.9. The molecule has 0 amide bonds. The number of nitrogens with two attached hydrogens (primary N) is 1. The first-order chi connectivity index (χ1) is 6.49. The third-order valence-electron chi connectivity index (χ3n) is 1.54. The standard InChI is InChI=1S/C7H3BrFN3O2/c8-4-1-5(9)3(2-10)6(11)7(4)12(13)14/h1H,11H2. The van der Waals surface area contributed by atoms with Crippen molar-refractivity contribution in [2.24, 2.45) is 0 Å². The Hall–Kier alpha value is -1.68. The van der Waals surface area contributed by atoms with Gasteiger partial charge in [-0.05, 0) is 22.0 Å². The third kappa shape index (κ3) is 1.52. The molecule has 14 heavy (non-hydrogen) atoms. The van der Waals surface area contributed by atoms with Crippen LogP contribution in [0.2, 0.25) is 0 Å². The maximum absolute atomic E-state index is 13.0. The van der Waals surface area contributed by atoms with Gasteiger partial charge in [-0.1, -0.05) is 0 Å². The topological polar surface area (TPSA) is 92.9 Å². The first-order valence-corrected chi connectivity index (χ1v) is 4.10. The zero-order valence-electron chi connectivity index (χ0n) is 6.62. The Balaban J connectivity index is 3.62. The summed E-state index contributed by atoms with van der Waals surface area (Å²) in [6.45, 7) is 0. The van der Waals surface area contributed by atoms with Gasteiger partial charge in [0, 0.05) is 0 Å². The lowest BCUT2D eigenvalue weighted by Gasteiger charge is -2.02. The molecule has 5 nitrogen and oxygen atoms in total. The molecule has 1 aromatic carbocycles. The van der Waals surface area contributed by atoms with Gasteiger partial charge in [0.2, 0.25) is 0 Å². The quantitative estimate of drug-likeness (QED) is 0.474. The van der Waals surface area contributed by atoms with E-state index in [0.29, 0.717) is 0 Å². The summed E-state index contributed by atoms with van der Waals surface area (Å²) < 4.78 is 12.9. The predicted octanol–water partition coefficient (Wildman–Crippen LogP) is 1.95. The molecule has 1 rings (SSSR count). The Morgan fingerprint density at radius 1 is 1.71 bits per heavy atom. The summed E-state index contributed by atoms with van der Waals surface area (Å²) in [6, 6.07) is 2.30. The van der Waals surface area contributed by atoms with Crippen molar-refractivity contribution in [2.75, 3.05) is 5.73 Å². The summed E-state index contributed by atoms with van der Waals surface area (Å²) in [4.78, 5) is 9.71. The molecule has 0 aromatic heterocycles. The monoisotopic (exact) mass is 259 g/mol. The highest BCUT2D eigenvalue weighted by atomic mass is 79.9. The fraction of sp³-hybridized carbons (Fsp3) is 0. The van der Waals surface area contributed by atoms with Crippen LogP contribution in [0, 0.1) is 27.3 Å². The van der Waals surface area contributed by atoms with Crippen molar-refractivity contribution in [3.8, 4) is 6.07 Å². The van der Waals surface area contributed by atoms with Crippen molar-refractivity contribution in [3.05, 3.63) is 32.0 Å². The van der Waals surface area contributed by atoms with Crippen LogP contribution in [0.25, 0.3) is 0 Å². The molecule has 0 heterocycles. The Morgan fingerprint density at radius 3 is 2.71 bits per heavy atom. The Labute approximate surface area is 86.2 Å². The number of hydrogen-bond donors (Lipinski definition) is 1. The van der Waals surface area contributed by atoms with Crippen LogP contribution in [0.1, 0.15) is 5.56 Å². The molecule has 0 bridgehead atoms. The molecule has 0 radical (unpaired) electrons. The van der Waals surface area contributed by atoms with Gasteiger partial charge in [-0.2, -0.15) is 5.26 Å². The average molecular weight is 260 g/mol. The molecular formula is C7H3BrFN3O2. The second-order valence-corrected chi connectivity index (χ2v) is 3.20. The number of nitrogens with zero attached hydrogens (tertiary/aromatic N) is 2. The number of halogens is 2. The molecule has 0 aliphatic heterocycles. The molecule has 0 spiro atoms. The number of anilines is 1. The second-order valence-electron chi connectivity index (χ2n) is 2.35. The third-order valence-corrected chi connectivity index (χ3v) is 2.14. The van der Waals surface area contributed by atoms with Gasteiger partial charge in [0.15, 0.2) is 0 Å². The highest BCUT2D eigenvalue weighted by molar-refractivity contribution is 9.10. The summed E-state index contributed by atoms with van der Waals surface area (Å²) in [5.74, 6) is -0.887. The van der Waals surface area contributed by atoms with Gasteiger partial charge in [-0.3, -0.25) is 10.1 Å². The minimum absolute atomic E-state index is 0.0866. The van der Waals surface area contributed by atoms with E-state index in [0.717, 1.165) is 6.07 Å². The maximum atomic E-state index is 13.0. The van der Waals surface area contributed by atoms with Crippen molar-refractivity contribution in [2.45, 2.75) is 0 Å². The first kappa shape index (κ1) is 10.4. The molecular weight excluding hydrogens is 257 g/mol. The van der Waals surface area contributed by atoms with Crippen LogP contribution < -0.4 is 5.73 Å². The lowest BCUT2D eigenvalue weighted by molar-refractivity contribution is -0.384. The molecule has 0 aliphatic rings. The van der Waals surface area contributed by atoms with Crippen molar-refractivity contribution in [1.82, 2.24) is 0 Å². The van der Waals surface area contributed by atoms with Crippen molar-refractivity contribution < 1.29 is 9.31 Å². The van der Waals surface area contributed by atoms with E-state index in [9.17, 15) is 14.5 Å². The Morgan fingerprint density at radius 2 is 2.29 bits per heavy atom. The van der Waals surface area contributed by atoms with Gasteiger partial charge in [0.25, 0.3) is 0 Å². The summed E-state index contributed by atoms with van der Waals surface area (Å²) in [6.07, 6.45) is 0. The van der Waals surface area contributed by atoms with Crippen molar-refractivity contribution in [1.29, 1.82) is 5.26 Å². The molecule has 0 saturated carbocycles. The van der Waals surface area contributed by atoms with Crippen LogP contribution in [-0.2, 0) is 0 Å². The SMILES string of the molecule is N#Cc1c(F)cc(Br)c([N+](=O)[O-])c1N. The molecule has 0 aliphatic carbocycles. The van der Waals surface area contributed by atoms with Gasteiger partial charge in [-0.15, -0.1) is 0 Å². The normalized spacial score (nSPS) is 9.50. The summed E-state index contributed by atoms with van der Waals surface area (Å²) in [5, 5.41) is 19.0. The molecule has 2 N–H and O–H groups in total. The smallest absolute Gasteiger partial charge is 0.307 e. The minimum atomic E-state index is -0.887. The van der Waals surface area contributed by atoms with Crippen LogP contribution in [0.5, 0.6) is 0 Å². The summed E-state index contributed by atoms with van der Waals surface area (Å²) >= 11 is 2.79. The van der Waals surface area contributed by atoms with E-state index in [4.69, 9.17) is 11.0 Å². The highest BCUT2D eigenvalue weighted by Crippen LogP contribution is 2.34. The molecule has 72 valence electrons. The van der Waals surface area contributed by atoms with Gasteiger partial charge in [-0.25, -0.2) is 4.39 Å². The number of nitro groups is 1. The zero-order valence-corrected chi connectivity index (χ0v) is 8.21. The van der Waals surface area contributed by atoms with Crippen LogP contribution in [0.3, 0.4) is 0 Å². The Bertz CT molecular complexity index is 455. The Kier molecular flexibility index (Phi) is 2.67. The van der Waals surface area contributed by atoms with Gasteiger partial charge in [0.1, 0.15) is 27.6 Å². The molecule has 0 atom stereocenters. The number of hydrogen-bond acceptors (Lipinski definition) is 4.